The third kappa shape index (κ3) is 4.07. The van der Waals surface area contributed by atoms with Crippen molar-refractivity contribution >= 4 is 0 Å². The second kappa shape index (κ2) is 5.55. The molecule has 0 aliphatic heterocycles. The predicted molar refractivity (Wildman–Crippen MR) is 53.3 cm³/mol. The van der Waals surface area contributed by atoms with E-state index >= 15 is 0 Å². The Morgan fingerprint density at radius 1 is 1.25 bits per heavy atom. The maximum atomic E-state index is 3.51. The molecule has 2 heteroatoms. The van der Waals surface area contributed by atoms with Gasteiger partial charge in [-0.05, 0) is 57.8 Å². The van der Waals surface area contributed by atoms with E-state index in [4.69, 9.17) is 0 Å². The third-order valence-electron chi connectivity index (χ3n) is 2.71. The molecule has 0 heterocycles. The van der Waals surface area contributed by atoms with E-state index in [0.717, 1.165) is 18.4 Å². The molecule has 1 aliphatic rings. The fourth-order valence-electron chi connectivity index (χ4n) is 1.52. The molecule has 0 aromatic carbocycles. The summed E-state index contributed by atoms with van der Waals surface area (Å²) in [5, 5.41) is 6.67. The highest BCUT2D eigenvalue weighted by molar-refractivity contribution is 4.83. The number of hydrogen-bond acceptors (Lipinski definition) is 2. The van der Waals surface area contributed by atoms with Crippen LogP contribution in [0, 0.1) is 11.8 Å². The normalized spacial score (nSPS) is 27.5. The van der Waals surface area contributed by atoms with Gasteiger partial charge in [0.25, 0.3) is 0 Å². The zero-order chi connectivity index (χ0) is 8.81. The van der Waals surface area contributed by atoms with E-state index in [9.17, 15) is 0 Å². The molecule has 2 nitrogen and oxygen atoms in total. The molecule has 0 amide bonds. The molecule has 0 bridgehead atoms. The van der Waals surface area contributed by atoms with E-state index < -0.39 is 0 Å². The topological polar surface area (TPSA) is 24.1 Å². The first-order valence-electron chi connectivity index (χ1n) is 5.20. The van der Waals surface area contributed by atoms with Crippen molar-refractivity contribution in [1.82, 2.24) is 10.6 Å². The van der Waals surface area contributed by atoms with Gasteiger partial charge in [0, 0.05) is 0 Å². The standard InChI is InChI=1S/C10H22N2/c1-9-7-10(9)8-12-6-4-3-5-11-2/h9-12H,3-8H2,1-2H3. The molecule has 0 saturated heterocycles. The molecule has 1 aliphatic carbocycles. The number of rotatable bonds is 7. The lowest BCUT2D eigenvalue weighted by atomic mass is 10.3. The minimum Gasteiger partial charge on any atom is -0.320 e. The highest BCUT2D eigenvalue weighted by Crippen LogP contribution is 2.36. The molecule has 1 saturated carbocycles. The van der Waals surface area contributed by atoms with Crippen LogP contribution in [0.3, 0.4) is 0 Å². The van der Waals surface area contributed by atoms with Crippen molar-refractivity contribution in [2.45, 2.75) is 26.2 Å². The molecular formula is C10H22N2. The molecule has 12 heavy (non-hydrogen) atoms. The van der Waals surface area contributed by atoms with Crippen LogP contribution in [0.25, 0.3) is 0 Å². The van der Waals surface area contributed by atoms with Gasteiger partial charge in [0.15, 0.2) is 0 Å². The molecular weight excluding hydrogens is 148 g/mol. The molecule has 72 valence electrons. The molecule has 0 radical (unpaired) electrons. The van der Waals surface area contributed by atoms with E-state index in [0.29, 0.717) is 0 Å². The minimum absolute atomic E-state index is 0.995. The summed E-state index contributed by atoms with van der Waals surface area (Å²) in [7, 11) is 2.01. The van der Waals surface area contributed by atoms with E-state index in [1.54, 1.807) is 0 Å². The Kier molecular flexibility index (Phi) is 4.62. The quantitative estimate of drug-likeness (QED) is 0.562. The van der Waals surface area contributed by atoms with E-state index in [1.165, 1.54) is 32.4 Å². The molecule has 0 aromatic rings. The van der Waals surface area contributed by atoms with Gasteiger partial charge in [-0.15, -0.1) is 0 Å². The average molecular weight is 170 g/mol. The van der Waals surface area contributed by atoms with Gasteiger partial charge in [0.2, 0.25) is 0 Å². The van der Waals surface area contributed by atoms with E-state index in [2.05, 4.69) is 17.6 Å². The van der Waals surface area contributed by atoms with E-state index in [1.807, 2.05) is 7.05 Å². The van der Waals surface area contributed by atoms with Crippen molar-refractivity contribution in [3.63, 3.8) is 0 Å². The van der Waals surface area contributed by atoms with Gasteiger partial charge < -0.3 is 10.6 Å². The molecule has 1 fully saturated rings. The van der Waals surface area contributed by atoms with Gasteiger partial charge in [0.1, 0.15) is 0 Å². The molecule has 2 unspecified atom stereocenters. The van der Waals surface area contributed by atoms with Crippen LogP contribution < -0.4 is 10.6 Å². The summed E-state index contributed by atoms with van der Waals surface area (Å²) < 4.78 is 0. The van der Waals surface area contributed by atoms with Crippen LogP contribution in [0.5, 0.6) is 0 Å². The largest absolute Gasteiger partial charge is 0.320 e. The Balaban J connectivity index is 1.72. The summed E-state index contributed by atoms with van der Waals surface area (Å²) in [5.74, 6) is 1.99. The zero-order valence-electron chi connectivity index (χ0n) is 8.40. The smallest absolute Gasteiger partial charge is 0.00179 e. The predicted octanol–water partition coefficient (Wildman–Crippen LogP) is 1.23. The van der Waals surface area contributed by atoms with Crippen LogP contribution in [-0.4, -0.2) is 26.7 Å². The SMILES string of the molecule is CNCCCCNCC1CC1C. The molecule has 1 rings (SSSR count). The number of nitrogens with one attached hydrogen (secondary N) is 2. The third-order valence-corrected chi connectivity index (χ3v) is 2.71. The Labute approximate surface area is 76.1 Å². The van der Waals surface area contributed by atoms with E-state index in [-0.39, 0.29) is 0 Å². The van der Waals surface area contributed by atoms with Crippen LogP contribution in [-0.2, 0) is 0 Å². The second-order valence-corrected chi connectivity index (χ2v) is 3.99. The van der Waals surface area contributed by atoms with Gasteiger partial charge in [-0.1, -0.05) is 6.92 Å². The Morgan fingerprint density at radius 2 is 1.92 bits per heavy atom. The van der Waals surface area contributed by atoms with Gasteiger partial charge in [0.05, 0.1) is 0 Å². The minimum atomic E-state index is 0.995. The Bertz CT molecular complexity index is 114. The fraction of sp³-hybridized carbons (Fsp3) is 1.00. The Hall–Kier alpha value is -0.0800. The maximum Gasteiger partial charge on any atom is -0.00179 e. The van der Waals surface area contributed by atoms with Gasteiger partial charge in [-0.3, -0.25) is 0 Å². The summed E-state index contributed by atoms with van der Waals surface area (Å²) >= 11 is 0. The van der Waals surface area contributed by atoms with Crippen molar-refractivity contribution in [3.05, 3.63) is 0 Å². The highest BCUT2D eigenvalue weighted by Gasteiger charge is 2.31. The Morgan fingerprint density at radius 3 is 2.50 bits per heavy atom. The highest BCUT2D eigenvalue weighted by atomic mass is 14.9. The van der Waals surface area contributed by atoms with Crippen LogP contribution in [0.4, 0.5) is 0 Å². The van der Waals surface area contributed by atoms with Crippen molar-refractivity contribution in [2.24, 2.45) is 11.8 Å². The summed E-state index contributed by atoms with van der Waals surface area (Å²) in [4.78, 5) is 0. The summed E-state index contributed by atoms with van der Waals surface area (Å²) in [5.41, 5.74) is 0. The van der Waals surface area contributed by atoms with Crippen LogP contribution in [0.2, 0.25) is 0 Å². The van der Waals surface area contributed by atoms with Crippen LogP contribution in [0.15, 0.2) is 0 Å². The summed E-state index contributed by atoms with van der Waals surface area (Å²) in [6.07, 6.45) is 4.05. The van der Waals surface area contributed by atoms with Crippen molar-refractivity contribution < 1.29 is 0 Å². The number of unbranched alkanes of at least 4 members (excludes halogenated alkanes) is 1. The van der Waals surface area contributed by atoms with Crippen molar-refractivity contribution in [3.8, 4) is 0 Å². The van der Waals surface area contributed by atoms with Crippen molar-refractivity contribution in [1.29, 1.82) is 0 Å². The molecule has 2 atom stereocenters. The first kappa shape index (κ1) is 10.0. The maximum absolute atomic E-state index is 3.51. The fourth-order valence-corrected chi connectivity index (χ4v) is 1.52. The molecule has 0 aromatic heterocycles. The summed E-state index contributed by atoms with van der Waals surface area (Å²) in [6, 6.07) is 0. The summed E-state index contributed by atoms with van der Waals surface area (Å²) in [6.45, 7) is 5.94. The second-order valence-electron chi connectivity index (χ2n) is 3.99. The van der Waals surface area contributed by atoms with Crippen LogP contribution in [0.1, 0.15) is 26.2 Å². The lowest BCUT2D eigenvalue weighted by Crippen LogP contribution is -2.19. The van der Waals surface area contributed by atoms with Gasteiger partial charge in [-0.25, -0.2) is 0 Å². The lowest BCUT2D eigenvalue weighted by Gasteiger charge is -2.02. The first-order valence-corrected chi connectivity index (χ1v) is 5.20. The number of hydrogen-bond donors (Lipinski definition) is 2. The first-order chi connectivity index (χ1) is 5.84. The monoisotopic (exact) mass is 170 g/mol. The average Bonchev–Trinajstić information content (AvgIpc) is 2.74. The molecule has 2 N–H and O–H groups in total. The van der Waals surface area contributed by atoms with Crippen molar-refractivity contribution in [2.75, 3.05) is 26.7 Å². The van der Waals surface area contributed by atoms with Crippen LogP contribution >= 0.6 is 0 Å². The zero-order valence-corrected chi connectivity index (χ0v) is 8.40. The lowest BCUT2D eigenvalue weighted by molar-refractivity contribution is 0.571. The van der Waals surface area contributed by atoms with Gasteiger partial charge in [-0.2, -0.15) is 0 Å². The van der Waals surface area contributed by atoms with Gasteiger partial charge >= 0.3 is 0 Å². The molecule has 0 spiro atoms.